The third-order valence-electron chi connectivity index (χ3n) is 5.58. The molecular weight excluding hydrogens is 428 g/mol. The van der Waals surface area contributed by atoms with Crippen LogP contribution < -0.4 is 10.6 Å². The summed E-state index contributed by atoms with van der Waals surface area (Å²) in [7, 11) is 2.20. The Hall–Kier alpha value is -1.18. The number of ether oxygens (including phenoxy) is 1. The number of carbonyl (C=O) groups excluding carboxylic acids is 2. The minimum Gasteiger partial charge on any atom is -0.379 e. The largest absolute Gasteiger partial charge is 0.379 e. The molecule has 1 atom stereocenters. The summed E-state index contributed by atoms with van der Waals surface area (Å²) in [5.41, 5.74) is 0. The molecule has 0 bridgehead atoms. The molecule has 2 rings (SSSR count). The molecule has 0 radical (unpaired) electrons. The maximum atomic E-state index is 11.4. The van der Waals surface area contributed by atoms with E-state index in [1.807, 2.05) is 34.6 Å². The first-order valence-electron chi connectivity index (χ1n) is 13.6. The number of morpholine rings is 1. The fourth-order valence-electron chi connectivity index (χ4n) is 3.21. The molecule has 0 aromatic rings. The van der Waals surface area contributed by atoms with Crippen molar-refractivity contribution in [2.75, 3.05) is 59.5 Å². The van der Waals surface area contributed by atoms with Crippen LogP contribution in [-0.2, 0) is 14.3 Å². The Morgan fingerprint density at radius 1 is 0.971 bits per heavy atom. The molecule has 2 aliphatic heterocycles. The van der Waals surface area contributed by atoms with E-state index in [0.29, 0.717) is 12.3 Å². The van der Waals surface area contributed by atoms with Crippen LogP contribution in [0.3, 0.4) is 0 Å². The van der Waals surface area contributed by atoms with Gasteiger partial charge in [0, 0.05) is 44.6 Å². The molecule has 7 nitrogen and oxygen atoms in total. The Bertz CT molecular complexity index is 476. The van der Waals surface area contributed by atoms with Crippen LogP contribution in [-0.4, -0.2) is 87.2 Å². The molecule has 2 heterocycles. The normalized spacial score (nSPS) is 17.9. The molecule has 2 amide bonds. The van der Waals surface area contributed by atoms with E-state index in [2.05, 4.69) is 55.2 Å². The molecule has 2 fully saturated rings. The van der Waals surface area contributed by atoms with E-state index in [9.17, 15) is 9.59 Å². The van der Waals surface area contributed by atoms with Gasteiger partial charge in [-0.1, -0.05) is 55.4 Å². The fourth-order valence-corrected chi connectivity index (χ4v) is 3.21. The van der Waals surface area contributed by atoms with Gasteiger partial charge in [-0.2, -0.15) is 0 Å². The van der Waals surface area contributed by atoms with Crippen LogP contribution in [0.5, 0.6) is 0 Å². The lowest BCUT2D eigenvalue weighted by Crippen LogP contribution is -2.46. The molecule has 2 aliphatic rings. The second-order valence-corrected chi connectivity index (χ2v) is 10.0. The predicted octanol–water partition coefficient (Wildman–Crippen LogP) is 4.02. The van der Waals surface area contributed by atoms with Crippen molar-refractivity contribution in [2.45, 2.75) is 87.6 Å². The van der Waals surface area contributed by atoms with Gasteiger partial charge in [0.25, 0.3) is 0 Å². The highest BCUT2D eigenvalue weighted by Crippen LogP contribution is 2.13. The lowest BCUT2D eigenvalue weighted by atomic mass is 10.00. The van der Waals surface area contributed by atoms with Crippen LogP contribution >= 0.6 is 0 Å². The maximum Gasteiger partial charge on any atom is 0.222 e. The molecule has 0 aromatic carbocycles. The highest BCUT2D eigenvalue weighted by Gasteiger charge is 2.16. The lowest BCUT2D eigenvalue weighted by molar-refractivity contribution is -0.124. The zero-order valence-corrected chi connectivity index (χ0v) is 24.2. The second-order valence-electron chi connectivity index (χ2n) is 10.0. The van der Waals surface area contributed by atoms with Gasteiger partial charge in [-0.15, -0.1) is 0 Å². The summed E-state index contributed by atoms with van der Waals surface area (Å²) < 4.78 is 5.27. The van der Waals surface area contributed by atoms with Crippen molar-refractivity contribution in [3.63, 3.8) is 0 Å². The van der Waals surface area contributed by atoms with Crippen molar-refractivity contribution in [1.29, 1.82) is 0 Å². The van der Waals surface area contributed by atoms with E-state index < -0.39 is 0 Å². The van der Waals surface area contributed by atoms with Crippen molar-refractivity contribution in [3.8, 4) is 0 Å². The third-order valence-corrected chi connectivity index (χ3v) is 5.58. The quantitative estimate of drug-likeness (QED) is 0.568. The third kappa shape index (κ3) is 21.4. The monoisotopic (exact) mass is 486 g/mol. The zero-order valence-electron chi connectivity index (χ0n) is 24.2. The number of carbonyl (C=O) groups is 2. The van der Waals surface area contributed by atoms with Gasteiger partial charge in [-0.25, -0.2) is 0 Å². The Morgan fingerprint density at radius 2 is 1.50 bits per heavy atom. The molecule has 1 unspecified atom stereocenters. The standard InChI is InChI=1S/C11H22N2O2.C7H15NO.C7H15N.C2H6/c1-9(2)11(14)12-10(3)8-13-4-6-15-7-5-13;1-4-7(9)8-5-6(2)3;1-7-3-5-8(2)6-4-7;1-2/h9-10H,4-8H2,1-3H3,(H,12,14);6H,4-5H2,1-3H3,(H,8,9);7H,3-6H2,1-2H3;1-2H3. The van der Waals surface area contributed by atoms with Crippen LogP contribution in [0.25, 0.3) is 0 Å². The SMILES string of the molecule is CC.CC(CN1CCOCC1)NC(=O)C(C)C.CC1CCN(C)CC1.CCC(=O)NCC(C)C. The summed E-state index contributed by atoms with van der Waals surface area (Å²) in [6.45, 7) is 26.1. The molecule has 2 N–H and O–H groups in total. The van der Waals surface area contributed by atoms with Crippen molar-refractivity contribution in [1.82, 2.24) is 20.4 Å². The molecule has 34 heavy (non-hydrogen) atoms. The van der Waals surface area contributed by atoms with Crippen LogP contribution in [0.1, 0.15) is 81.6 Å². The first-order chi connectivity index (χ1) is 16.0. The Kier molecular flexibility index (Phi) is 22.9. The molecule has 0 spiro atoms. The average Bonchev–Trinajstić information content (AvgIpc) is 2.82. The van der Waals surface area contributed by atoms with Gasteiger partial charge in [0.1, 0.15) is 0 Å². The predicted molar refractivity (Wildman–Crippen MR) is 145 cm³/mol. The zero-order chi connectivity index (χ0) is 26.5. The summed E-state index contributed by atoms with van der Waals surface area (Å²) in [4.78, 5) is 26.8. The fraction of sp³-hybridized carbons (Fsp3) is 0.926. The average molecular weight is 487 g/mol. The number of nitrogens with zero attached hydrogens (tertiary/aromatic N) is 2. The minimum atomic E-state index is 0.0668. The summed E-state index contributed by atoms with van der Waals surface area (Å²) in [6.07, 6.45) is 3.39. The van der Waals surface area contributed by atoms with E-state index in [1.165, 1.54) is 25.9 Å². The van der Waals surface area contributed by atoms with Crippen molar-refractivity contribution < 1.29 is 14.3 Å². The number of hydrogen-bond acceptors (Lipinski definition) is 5. The Morgan fingerprint density at radius 3 is 1.91 bits per heavy atom. The molecule has 2 saturated heterocycles. The van der Waals surface area contributed by atoms with Crippen LogP contribution in [0, 0.1) is 17.8 Å². The van der Waals surface area contributed by atoms with Crippen molar-refractivity contribution >= 4 is 11.8 Å². The summed E-state index contributed by atoms with van der Waals surface area (Å²) >= 11 is 0. The van der Waals surface area contributed by atoms with E-state index in [1.54, 1.807) is 0 Å². The van der Waals surface area contributed by atoms with Gasteiger partial charge < -0.3 is 20.3 Å². The molecule has 0 saturated carbocycles. The smallest absolute Gasteiger partial charge is 0.222 e. The topological polar surface area (TPSA) is 73.9 Å². The first-order valence-corrected chi connectivity index (χ1v) is 13.6. The number of likely N-dealkylation sites (tertiary alicyclic amines) is 1. The molecule has 0 aliphatic carbocycles. The van der Waals surface area contributed by atoms with Gasteiger partial charge in [-0.3, -0.25) is 14.5 Å². The molecule has 0 aromatic heterocycles. The Labute approximate surface area is 211 Å². The first kappa shape index (κ1) is 35.0. The van der Waals surface area contributed by atoms with E-state index >= 15 is 0 Å². The molecule has 204 valence electrons. The number of amides is 2. The lowest BCUT2D eigenvalue weighted by Gasteiger charge is -2.29. The van der Waals surface area contributed by atoms with Gasteiger partial charge in [0.15, 0.2) is 0 Å². The van der Waals surface area contributed by atoms with Gasteiger partial charge in [0.05, 0.1) is 13.2 Å². The van der Waals surface area contributed by atoms with Gasteiger partial charge in [0.2, 0.25) is 11.8 Å². The molecule has 7 heteroatoms. The summed E-state index contributed by atoms with van der Waals surface area (Å²) in [6, 6.07) is 0.220. The Balaban J connectivity index is 0. The highest BCUT2D eigenvalue weighted by atomic mass is 16.5. The van der Waals surface area contributed by atoms with E-state index in [0.717, 1.165) is 45.3 Å². The minimum absolute atomic E-state index is 0.0668. The van der Waals surface area contributed by atoms with Crippen LogP contribution in [0.15, 0.2) is 0 Å². The summed E-state index contributed by atoms with van der Waals surface area (Å²) in [5.74, 6) is 1.88. The van der Waals surface area contributed by atoms with Crippen LogP contribution in [0.2, 0.25) is 0 Å². The second kappa shape index (κ2) is 22.3. The van der Waals surface area contributed by atoms with Crippen LogP contribution in [0.4, 0.5) is 0 Å². The van der Waals surface area contributed by atoms with Gasteiger partial charge >= 0.3 is 0 Å². The molecular formula is C27H58N4O3. The number of nitrogens with one attached hydrogen (secondary N) is 2. The van der Waals surface area contributed by atoms with Crippen molar-refractivity contribution in [2.24, 2.45) is 17.8 Å². The van der Waals surface area contributed by atoms with Gasteiger partial charge in [-0.05, 0) is 51.7 Å². The number of rotatable bonds is 7. The highest BCUT2D eigenvalue weighted by molar-refractivity contribution is 5.78. The van der Waals surface area contributed by atoms with E-state index in [-0.39, 0.29) is 23.8 Å². The maximum absolute atomic E-state index is 11.4. The number of hydrogen-bond donors (Lipinski definition) is 2. The number of piperidine rings is 1. The van der Waals surface area contributed by atoms with Crippen molar-refractivity contribution in [3.05, 3.63) is 0 Å². The summed E-state index contributed by atoms with van der Waals surface area (Å²) in [5, 5.41) is 5.80. The van der Waals surface area contributed by atoms with E-state index in [4.69, 9.17) is 4.74 Å².